The summed E-state index contributed by atoms with van der Waals surface area (Å²) in [5, 5.41) is 12.8. The molecule has 146 valence electrons. The molecule has 2 aliphatic rings. The van der Waals surface area contributed by atoms with Crippen molar-refractivity contribution in [1.82, 2.24) is 20.2 Å². The van der Waals surface area contributed by atoms with E-state index in [1.807, 2.05) is 11.0 Å². The molecular formula is C21H30N4O2. The summed E-state index contributed by atoms with van der Waals surface area (Å²) < 4.78 is 0. The van der Waals surface area contributed by atoms with Crippen LogP contribution in [0.25, 0.3) is 11.0 Å². The topological polar surface area (TPSA) is 81.2 Å². The molecule has 1 aliphatic carbocycles. The zero-order valence-corrected chi connectivity index (χ0v) is 16.1. The fourth-order valence-electron chi connectivity index (χ4n) is 4.66. The number of aliphatic hydroxyl groups is 1. The first-order valence-corrected chi connectivity index (χ1v) is 10.2. The number of para-hydroxylation sites is 1. The van der Waals surface area contributed by atoms with Gasteiger partial charge in [-0.2, -0.15) is 0 Å². The second-order valence-electron chi connectivity index (χ2n) is 8.40. The minimum Gasteiger partial charge on any atom is -0.396 e. The molecule has 2 fully saturated rings. The number of nitrogens with one attached hydrogen (secondary N) is 2. The van der Waals surface area contributed by atoms with Gasteiger partial charge in [-0.1, -0.05) is 25.0 Å². The summed E-state index contributed by atoms with van der Waals surface area (Å²) in [7, 11) is 0. The molecule has 2 amide bonds. The number of nitrogens with zero attached hydrogens (tertiary/aromatic N) is 2. The van der Waals surface area contributed by atoms with Gasteiger partial charge in [0.05, 0.1) is 17.6 Å². The highest BCUT2D eigenvalue weighted by Gasteiger charge is 2.34. The van der Waals surface area contributed by atoms with Crippen LogP contribution in [0.1, 0.15) is 55.8 Å². The molecule has 6 heteroatoms. The van der Waals surface area contributed by atoms with E-state index < -0.39 is 0 Å². The number of imidazole rings is 1. The lowest BCUT2D eigenvalue weighted by Gasteiger charge is -2.33. The minimum absolute atomic E-state index is 0.00767. The van der Waals surface area contributed by atoms with Crippen LogP contribution in [0.4, 0.5) is 4.79 Å². The van der Waals surface area contributed by atoms with Gasteiger partial charge < -0.3 is 20.3 Å². The van der Waals surface area contributed by atoms with Gasteiger partial charge in [0.2, 0.25) is 0 Å². The Morgan fingerprint density at radius 2 is 2.19 bits per heavy atom. The Hall–Kier alpha value is -2.08. The standard InChI is InChI=1S/C21H30N4O2/c1-15-6-4-8-17-18(15)24-19(23-17)16-7-5-11-25(12-16)20(27)22-13-21(14-26)9-2-3-10-21/h4,6,8,16,26H,2-3,5,7,9-14H2,1H3,(H,22,27)(H,23,24). The van der Waals surface area contributed by atoms with E-state index in [2.05, 4.69) is 29.4 Å². The number of aliphatic hydroxyl groups excluding tert-OH is 1. The van der Waals surface area contributed by atoms with Crippen LogP contribution < -0.4 is 5.32 Å². The second kappa shape index (κ2) is 7.50. The molecule has 3 N–H and O–H groups in total. The Kier molecular flexibility index (Phi) is 5.08. The number of piperidine rings is 1. The second-order valence-corrected chi connectivity index (χ2v) is 8.40. The van der Waals surface area contributed by atoms with Crippen LogP contribution in [0.15, 0.2) is 18.2 Å². The lowest BCUT2D eigenvalue weighted by Crippen LogP contribution is -2.48. The summed E-state index contributed by atoms with van der Waals surface area (Å²) in [4.78, 5) is 22.9. The van der Waals surface area contributed by atoms with Gasteiger partial charge in [-0.15, -0.1) is 0 Å². The summed E-state index contributed by atoms with van der Waals surface area (Å²) in [6, 6.07) is 6.17. The van der Waals surface area contributed by atoms with Gasteiger partial charge in [-0.3, -0.25) is 0 Å². The molecule has 0 spiro atoms. The van der Waals surface area contributed by atoms with Crippen molar-refractivity contribution in [1.29, 1.82) is 0 Å². The molecule has 1 aromatic carbocycles. The van der Waals surface area contributed by atoms with Gasteiger partial charge >= 0.3 is 6.03 Å². The van der Waals surface area contributed by atoms with E-state index in [0.29, 0.717) is 13.1 Å². The largest absolute Gasteiger partial charge is 0.396 e. The summed E-state index contributed by atoms with van der Waals surface area (Å²) in [6.07, 6.45) is 6.33. The third-order valence-corrected chi connectivity index (χ3v) is 6.44. The van der Waals surface area contributed by atoms with Crippen molar-refractivity contribution < 1.29 is 9.90 Å². The third-order valence-electron chi connectivity index (χ3n) is 6.44. The first kappa shape index (κ1) is 18.3. The van der Waals surface area contributed by atoms with Crippen LogP contribution in [0, 0.1) is 12.3 Å². The minimum atomic E-state index is -0.110. The molecule has 2 heterocycles. The number of aryl methyl sites for hydroxylation is 1. The first-order chi connectivity index (χ1) is 13.1. The zero-order valence-electron chi connectivity index (χ0n) is 16.1. The van der Waals surface area contributed by atoms with Crippen LogP contribution in [-0.4, -0.2) is 52.2 Å². The van der Waals surface area contributed by atoms with E-state index in [9.17, 15) is 9.90 Å². The number of amides is 2. The molecule has 0 bridgehead atoms. The Labute approximate surface area is 160 Å². The van der Waals surface area contributed by atoms with E-state index in [0.717, 1.165) is 61.9 Å². The first-order valence-electron chi connectivity index (χ1n) is 10.2. The number of fused-ring (bicyclic) bond motifs is 1. The monoisotopic (exact) mass is 370 g/mol. The van der Waals surface area contributed by atoms with Crippen LogP contribution in [0.3, 0.4) is 0 Å². The van der Waals surface area contributed by atoms with Gasteiger partial charge in [-0.25, -0.2) is 9.78 Å². The number of urea groups is 1. The summed E-state index contributed by atoms with van der Waals surface area (Å²) in [5.74, 6) is 1.23. The van der Waals surface area contributed by atoms with Crippen molar-refractivity contribution in [3.8, 4) is 0 Å². The average Bonchev–Trinajstić information content (AvgIpc) is 3.35. The molecular weight excluding hydrogens is 340 g/mol. The molecule has 1 atom stereocenters. The van der Waals surface area contributed by atoms with Gasteiger partial charge in [0.15, 0.2) is 0 Å². The van der Waals surface area contributed by atoms with Crippen LogP contribution in [0.5, 0.6) is 0 Å². The maximum absolute atomic E-state index is 12.7. The van der Waals surface area contributed by atoms with Crippen molar-refractivity contribution in [2.24, 2.45) is 5.41 Å². The highest BCUT2D eigenvalue weighted by Crippen LogP contribution is 2.37. The molecule has 27 heavy (non-hydrogen) atoms. The maximum Gasteiger partial charge on any atom is 0.317 e. The lowest BCUT2D eigenvalue weighted by atomic mass is 9.87. The predicted molar refractivity (Wildman–Crippen MR) is 106 cm³/mol. The average molecular weight is 370 g/mol. The van der Waals surface area contributed by atoms with Gasteiger partial charge in [0, 0.05) is 31.0 Å². The fraction of sp³-hybridized carbons (Fsp3) is 0.619. The molecule has 0 radical (unpaired) electrons. The molecule has 1 saturated heterocycles. The third kappa shape index (κ3) is 3.68. The van der Waals surface area contributed by atoms with E-state index in [1.54, 1.807) is 0 Å². The molecule has 1 aliphatic heterocycles. The number of carbonyl (C=O) groups is 1. The molecule has 1 saturated carbocycles. The van der Waals surface area contributed by atoms with Gasteiger partial charge in [-0.05, 0) is 44.2 Å². The number of benzene rings is 1. The number of hydrogen-bond donors (Lipinski definition) is 3. The van der Waals surface area contributed by atoms with Crippen molar-refractivity contribution in [3.63, 3.8) is 0 Å². The summed E-state index contributed by atoms with van der Waals surface area (Å²) >= 11 is 0. The summed E-state index contributed by atoms with van der Waals surface area (Å²) in [6.45, 7) is 4.29. The van der Waals surface area contributed by atoms with Crippen molar-refractivity contribution >= 4 is 17.1 Å². The Morgan fingerprint density at radius 3 is 2.93 bits per heavy atom. The van der Waals surface area contributed by atoms with Gasteiger partial charge in [0.1, 0.15) is 5.82 Å². The van der Waals surface area contributed by atoms with Crippen molar-refractivity contribution in [2.45, 2.75) is 51.4 Å². The highest BCUT2D eigenvalue weighted by atomic mass is 16.3. The number of hydrogen-bond acceptors (Lipinski definition) is 3. The zero-order chi connectivity index (χ0) is 18.9. The van der Waals surface area contributed by atoms with Crippen LogP contribution >= 0.6 is 0 Å². The Morgan fingerprint density at radius 1 is 1.37 bits per heavy atom. The number of H-pyrrole nitrogens is 1. The lowest BCUT2D eigenvalue weighted by molar-refractivity contribution is 0.123. The number of carbonyl (C=O) groups excluding carboxylic acids is 1. The highest BCUT2D eigenvalue weighted by molar-refractivity contribution is 5.78. The van der Waals surface area contributed by atoms with Gasteiger partial charge in [0.25, 0.3) is 0 Å². The normalized spacial score (nSPS) is 22.3. The quantitative estimate of drug-likeness (QED) is 0.772. The smallest absolute Gasteiger partial charge is 0.317 e. The summed E-state index contributed by atoms with van der Waals surface area (Å²) in [5.41, 5.74) is 3.16. The number of rotatable bonds is 4. The number of aromatic nitrogens is 2. The molecule has 4 rings (SSSR count). The Bertz CT molecular complexity index is 810. The van der Waals surface area contributed by atoms with Crippen molar-refractivity contribution in [3.05, 3.63) is 29.6 Å². The molecule has 6 nitrogen and oxygen atoms in total. The SMILES string of the molecule is Cc1cccc2[nH]c(C3CCCN(C(=O)NCC4(CO)CCCC4)C3)nc12. The van der Waals surface area contributed by atoms with E-state index in [4.69, 9.17) is 4.98 Å². The molecule has 1 aromatic heterocycles. The number of likely N-dealkylation sites (tertiary alicyclic amines) is 1. The fourth-order valence-corrected chi connectivity index (χ4v) is 4.66. The van der Waals surface area contributed by atoms with E-state index >= 15 is 0 Å². The Balaban J connectivity index is 1.41. The molecule has 1 unspecified atom stereocenters. The number of aromatic amines is 1. The van der Waals surface area contributed by atoms with Crippen LogP contribution in [0.2, 0.25) is 0 Å². The maximum atomic E-state index is 12.7. The van der Waals surface area contributed by atoms with E-state index in [1.165, 1.54) is 5.56 Å². The molecule has 2 aromatic rings. The van der Waals surface area contributed by atoms with Crippen molar-refractivity contribution in [2.75, 3.05) is 26.2 Å². The van der Waals surface area contributed by atoms with E-state index in [-0.39, 0.29) is 24.0 Å². The predicted octanol–water partition coefficient (Wildman–Crippen LogP) is 3.31. The van der Waals surface area contributed by atoms with Crippen LogP contribution in [-0.2, 0) is 0 Å².